The van der Waals surface area contributed by atoms with Crippen LogP contribution in [0.25, 0.3) is 5.82 Å². The summed E-state index contributed by atoms with van der Waals surface area (Å²) in [5.41, 5.74) is -3.79. The number of carbonyl (C=O) groups is 2. The Morgan fingerprint density at radius 3 is 2.65 bits per heavy atom. The average Bonchev–Trinajstić information content (AvgIpc) is 3.45. The minimum Gasteiger partial charge on any atom is -0.456 e. The number of alkyl halides is 2. The molecule has 1 aliphatic heterocycles. The first-order valence-corrected chi connectivity index (χ1v) is 11.4. The van der Waals surface area contributed by atoms with Crippen molar-refractivity contribution in [2.75, 3.05) is 6.61 Å². The van der Waals surface area contributed by atoms with E-state index in [1.54, 1.807) is 0 Å². The average molecular weight is 538 g/mol. The summed E-state index contributed by atoms with van der Waals surface area (Å²) in [5.74, 6) is -5.72. The zero-order valence-corrected chi connectivity index (χ0v) is 20.6. The number of carbonyl (C=O) groups excluding carboxylic acids is 2. The van der Waals surface area contributed by atoms with Gasteiger partial charge < -0.3 is 14.2 Å². The van der Waals surface area contributed by atoms with Crippen LogP contribution in [0.3, 0.4) is 0 Å². The predicted molar refractivity (Wildman–Crippen MR) is 123 cm³/mol. The highest BCUT2D eigenvalue weighted by molar-refractivity contribution is 6.30. The fourth-order valence-electron chi connectivity index (χ4n) is 3.71. The topological polar surface area (TPSA) is 127 Å². The molecule has 4 rings (SSSR count). The number of ether oxygens (including phenoxy) is 3. The van der Waals surface area contributed by atoms with Crippen molar-refractivity contribution in [1.29, 1.82) is 0 Å². The van der Waals surface area contributed by atoms with Crippen molar-refractivity contribution < 1.29 is 32.6 Å². The van der Waals surface area contributed by atoms with Gasteiger partial charge in [0.15, 0.2) is 24.3 Å². The number of benzene rings is 1. The van der Waals surface area contributed by atoms with Gasteiger partial charge in [-0.05, 0) is 31.2 Å². The third kappa shape index (κ3) is 5.23. The van der Waals surface area contributed by atoms with Crippen molar-refractivity contribution in [3.63, 3.8) is 0 Å². The Bertz CT molecular complexity index is 1370. The summed E-state index contributed by atoms with van der Waals surface area (Å²) in [6.45, 7) is 2.71. The standard InChI is InChI=1S/C23H22ClF2N5O6/c1-13(2)17(32)36-19-22(3,25)20(30-8-7-16(29-21(30)34)31-12-27-11-28-31)37-23(19,26)10-35-18(33)14-5-4-6-15(24)9-14/h4-9,11-13,19-20H,10H2,1-3H3/t19-,20+,22+,23+/m0/s1. The lowest BCUT2D eigenvalue weighted by Crippen LogP contribution is -2.50. The van der Waals surface area contributed by atoms with Gasteiger partial charge in [-0.1, -0.05) is 31.5 Å². The van der Waals surface area contributed by atoms with Crippen molar-refractivity contribution in [3.8, 4) is 5.82 Å². The second-order valence-corrected chi connectivity index (χ2v) is 9.22. The molecule has 0 spiro atoms. The largest absolute Gasteiger partial charge is 0.456 e. The summed E-state index contributed by atoms with van der Waals surface area (Å²) in [6, 6.07) is 7.00. The van der Waals surface area contributed by atoms with Gasteiger partial charge in [-0.2, -0.15) is 10.1 Å². The number of nitrogens with zero attached hydrogens (tertiary/aromatic N) is 5. The molecule has 0 bridgehead atoms. The van der Waals surface area contributed by atoms with E-state index in [-0.39, 0.29) is 16.4 Å². The highest BCUT2D eigenvalue weighted by Crippen LogP contribution is 2.49. The van der Waals surface area contributed by atoms with E-state index in [1.807, 2.05) is 0 Å². The first-order valence-electron chi connectivity index (χ1n) is 11.1. The highest BCUT2D eigenvalue weighted by Gasteiger charge is 2.68. The smallest absolute Gasteiger partial charge is 0.351 e. The first-order chi connectivity index (χ1) is 17.4. The second kappa shape index (κ2) is 9.98. The zero-order valence-electron chi connectivity index (χ0n) is 19.9. The summed E-state index contributed by atoms with van der Waals surface area (Å²) in [5, 5.41) is 4.09. The summed E-state index contributed by atoms with van der Waals surface area (Å²) < 4.78 is 49.8. The molecule has 3 aromatic rings. The van der Waals surface area contributed by atoms with E-state index >= 15 is 8.78 Å². The molecule has 1 aliphatic rings. The van der Waals surface area contributed by atoms with Crippen molar-refractivity contribution in [1.82, 2.24) is 24.3 Å². The van der Waals surface area contributed by atoms with Crippen molar-refractivity contribution >= 4 is 23.5 Å². The molecule has 196 valence electrons. The second-order valence-electron chi connectivity index (χ2n) is 8.78. The zero-order chi connectivity index (χ0) is 27.0. The van der Waals surface area contributed by atoms with Crippen LogP contribution in [0.5, 0.6) is 0 Å². The van der Waals surface area contributed by atoms with Crippen molar-refractivity contribution in [2.45, 2.75) is 44.6 Å². The third-order valence-corrected chi connectivity index (χ3v) is 5.82. The Balaban J connectivity index is 1.65. The van der Waals surface area contributed by atoms with Crippen LogP contribution in [0.4, 0.5) is 8.78 Å². The van der Waals surface area contributed by atoms with Gasteiger partial charge in [-0.15, -0.1) is 0 Å². The molecule has 0 radical (unpaired) electrons. The van der Waals surface area contributed by atoms with Crippen LogP contribution in [-0.2, 0) is 19.0 Å². The Morgan fingerprint density at radius 1 is 1.27 bits per heavy atom. The van der Waals surface area contributed by atoms with Gasteiger partial charge in [0.2, 0.25) is 6.10 Å². The normalized spacial score (nSPS) is 25.3. The van der Waals surface area contributed by atoms with E-state index in [1.165, 1.54) is 61.5 Å². The van der Waals surface area contributed by atoms with E-state index in [2.05, 4.69) is 15.1 Å². The van der Waals surface area contributed by atoms with E-state index in [9.17, 15) is 14.4 Å². The third-order valence-electron chi connectivity index (χ3n) is 5.58. The molecule has 3 heterocycles. The molecule has 0 aliphatic carbocycles. The van der Waals surface area contributed by atoms with Gasteiger partial charge >= 0.3 is 17.6 Å². The minimum atomic E-state index is -3.16. The Morgan fingerprint density at radius 2 is 2.03 bits per heavy atom. The molecule has 37 heavy (non-hydrogen) atoms. The Hall–Kier alpha value is -3.71. The maximum absolute atomic E-state index is 16.2. The van der Waals surface area contributed by atoms with Crippen LogP contribution in [-0.4, -0.2) is 60.5 Å². The SMILES string of the molecule is CC(C)C(=O)O[C@H]1[C@@](C)(F)[C@H](n2ccc(-n3cncn3)nc2=O)O[C@]1(F)COC(=O)c1cccc(Cl)c1. The molecular weight excluding hydrogens is 516 g/mol. The van der Waals surface area contributed by atoms with E-state index in [4.69, 9.17) is 25.8 Å². The number of aromatic nitrogens is 5. The number of rotatable bonds is 7. The van der Waals surface area contributed by atoms with Crippen LogP contribution >= 0.6 is 11.6 Å². The molecule has 11 nitrogen and oxygen atoms in total. The van der Waals surface area contributed by atoms with E-state index in [0.29, 0.717) is 4.57 Å². The summed E-state index contributed by atoms with van der Waals surface area (Å²) in [6.07, 6.45) is -0.493. The van der Waals surface area contributed by atoms with Crippen LogP contribution in [0.1, 0.15) is 37.4 Å². The van der Waals surface area contributed by atoms with Gasteiger partial charge in [0, 0.05) is 11.2 Å². The van der Waals surface area contributed by atoms with Crippen molar-refractivity contribution in [3.05, 3.63) is 70.3 Å². The van der Waals surface area contributed by atoms with Gasteiger partial charge in [-0.25, -0.2) is 28.0 Å². The summed E-state index contributed by atoms with van der Waals surface area (Å²) in [7, 11) is 0. The number of hydrogen-bond acceptors (Lipinski definition) is 9. The van der Waals surface area contributed by atoms with Crippen LogP contribution in [0.15, 0.2) is 54.0 Å². The fourth-order valence-corrected chi connectivity index (χ4v) is 3.90. The lowest BCUT2D eigenvalue weighted by molar-refractivity contribution is -0.219. The molecule has 0 saturated carbocycles. The van der Waals surface area contributed by atoms with Crippen LogP contribution < -0.4 is 5.69 Å². The molecule has 1 fully saturated rings. The maximum Gasteiger partial charge on any atom is 0.351 e. The molecule has 0 N–H and O–H groups in total. The molecule has 0 amide bonds. The maximum atomic E-state index is 16.2. The molecule has 14 heteroatoms. The van der Waals surface area contributed by atoms with Gasteiger partial charge in [0.05, 0.1) is 11.5 Å². The lowest BCUT2D eigenvalue weighted by atomic mass is 9.96. The first kappa shape index (κ1) is 26.4. The molecule has 2 aromatic heterocycles. The molecule has 1 saturated heterocycles. The van der Waals surface area contributed by atoms with E-state index in [0.717, 1.165) is 13.1 Å². The number of esters is 2. The summed E-state index contributed by atoms with van der Waals surface area (Å²) >= 11 is 5.88. The van der Waals surface area contributed by atoms with Gasteiger partial charge in [0.25, 0.3) is 5.85 Å². The minimum absolute atomic E-state index is 0.00787. The summed E-state index contributed by atoms with van der Waals surface area (Å²) in [4.78, 5) is 45.1. The molecule has 1 aromatic carbocycles. The Labute approximate surface area is 213 Å². The fraction of sp³-hybridized carbons (Fsp3) is 0.391. The van der Waals surface area contributed by atoms with Gasteiger partial charge in [-0.3, -0.25) is 9.36 Å². The van der Waals surface area contributed by atoms with E-state index < -0.39 is 54.0 Å². The molecular formula is C23H22ClF2N5O6. The molecule has 4 atom stereocenters. The van der Waals surface area contributed by atoms with Crippen molar-refractivity contribution in [2.24, 2.45) is 5.92 Å². The molecule has 0 unspecified atom stereocenters. The number of hydrogen-bond donors (Lipinski definition) is 0. The monoisotopic (exact) mass is 537 g/mol. The number of halogens is 3. The predicted octanol–water partition coefficient (Wildman–Crippen LogP) is 2.83. The quantitative estimate of drug-likeness (QED) is 0.418. The lowest BCUT2D eigenvalue weighted by Gasteiger charge is -2.29. The van der Waals surface area contributed by atoms with Gasteiger partial charge in [0.1, 0.15) is 12.7 Å². The highest BCUT2D eigenvalue weighted by atomic mass is 35.5. The van der Waals surface area contributed by atoms with Crippen LogP contribution in [0, 0.1) is 5.92 Å². The Kier molecular flexibility index (Phi) is 7.11. The van der Waals surface area contributed by atoms with Crippen LogP contribution in [0.2, 0.25) is 5.02 Å².